The molecule has 0 aromatic heterocycles. The highest BCUT2D eigenvalue weighted by Crippen LogP contribution is 2.31. The van der Waals surface area contributed by atoms with Crippen LogP contribution in [0.2, 0.25) is 0 Å². The van der Waals surface area contributed by atoms with Crippen LogP contribution in [0.5, 0.6) is 11.5 Å². The number of benzene rings is 2. The van der Waals surface area contributed by atoms with Gasteiger partial charge < -0.3 is 14.8 Å². The summed E-state index contributed by atoms with van der Waals surface area (Å²) in [6, 6.07) is 8.79. The fraction of sp³-hybridized carbons (Fsp3) is 0.211. The van der Waals surface area contributed by atoms with Crippen LogP contribution in [0.3, 0.4) is 0 Å². The van der Waals surface area contributed by atoms with E-state index >= 15 is 0 Å². The van der Waals surface area contributed by atoms with Gasteiger partial charge in [-0.3, -0.25) is 9.59 Å². The third kappa shape index (κ3) is 6.34. The van der Waals surface area contributed by atoms with Crippen LogP contribution < -0.4 is 20.2 Å². The predicted molar refractivity (Wildman–Crippen MR) is 107 cm³/mol. The standard InChI is InChI=1S/C19H19BrFN3O4/c1-27-16-10-17(28-2)15(20)9-12(16)11-22-24-19(26)8-7-18(25)23-14-5-3-13(21)4-6-14/h3-6,9-11H,7-8H2,1-2H3,(H,23,25)(H,24,26)/b22-11+. The molecule has 0 aliphatic carbocycles. The summed E-state index contributed by atoms with van der Waals surface area (Å²) >= 11 is 3.37. The number of hydrogen-bond acceptors (Lipinski definition) is 5. The van der Waals surface area contributed by atoms with Crippen LogP contribution in [0.1, 0.15) is 18.4 Å². The summed E-state index contributed by atoms with van der Waals surface area (Å²) in [4.78, 5) is 23.7. The highest BCUT2D eigenvalue weighted by molar-refractivity contribution is 9.10. The number of rotatable bonds is 8. The monoisotopic (exact) mass is 451 g/mol. The van der Waals surface area contributed by atoms with Crippen molar-refractivity contribution >= 4 is 39.6 Å². The first-order chi connectivity index (χ1) is 13.4. The minimum absolute atomic E-state index is 0.0316. The lowest BCUT2D eigenvalue weighted by molar-refractivity contribution is -0.124. The molecule has 0 saturated heterocycles. The maximum atomic E-state index is 12.8. The Morgan fingerprint density at radius 3 is 2.36 bits per heavy atom. The fourth-order valence-electron chi connectivity index (χ4n) is 2.20. The lowest BCUT2D eigenvalue weighted by Gasteiger charge is -2.09. The van der Waals surface area contributed by atoms with E-state index in [2.05, 4.69) is 31.8 Å². The Labute approximate surface area is 170 Å². The van der Waals surface area contributed by atoms with E-state index in [4.69, 9.17) is 9.47 Å². The molecule has 2 aromatic rings. The van der Waals surface area contributed by atoms with Crippen LogP contribution in [-0.2, 0) is 9.59 Å². The molecule has 0 spiro atoms. The second kappa shape index (κ2) is 10.4. The van der Waals surface area contributed by atoms with E-state index in [9.17, 15) is 14.0 Å². The van der Waals surface area contributed by atoms with E-state index < -0.39 is 11.7 Å². The van der Waals surface area contributed by atoms with Crippen molar-refractivity contribution in [1.82, 2.24) is 5.43 Å². The normalized spacial score (nSPS) is 10.6. The van der Waals surface area contributed by atoms with Crippen molar-refractivity contribution < 1.29 is 23.5 Å². The molecule has 2 aromatic carbocycles. The van der Waals surface area contributed by atoms with Crippen LogP contribution in [0.15, 0.2) is 46.0 Å². The molecule has 0 saturated carbocycles. The number of hydrogen-bond donors (Lipinski definition) is 2. The van der Waals surface area contributed by atoms with Gasteiger partial charge in [-0.05, 0) is 46.3 Å². The number of amides is 2. The van der Waals surface area contributed by atoms with Crippen LogP contribution in [0.4, 0.5) is 10.1 Å². The summed E-state index contributed by atoms with van der Waals surface area (Å²) in [5, 5.41) is 6.46. The molecule has 0 fully saturated rings. The Morgan fingerprint density at radius 1 is 1.07 bits per heavy atom. The molecule has 0 bridgehead atoms. The second-order valence-electron chi connectivity index (χ2n) is 5.58. The van der Waals surface area contributed by atoms with Gasteiger partial charge in [-0.15, -0.1) is 0 Å². The first-order valence-electron chi connectivity index (χ1n) is 8.21. The molecule has 2 rings (SSSR count). The smallest absolute Gasteiger partial charge is 0.240 e. The third-order valence-corrected chi connectivity index (χ3v) is 4.22. The quantitative estimate of drug-likeness (QED) is 0.474. The molecule has 28 heavy (non-hydrogen) atoms. The molecule has 0 aliphatic heterocycles. The number of nitrogens with zero attached hydrogens (tertiary/aromatic N) is 1. The maximum absolute atomic E-state index is 12.8. The molecule has 0 aliphatic rings. The molecule has 9 heteroatoms. The maximum Gasteiger partial charge on any atom is 0.240 e. The molecular weight excluding hydrogens is 433 g/mol. The van der Waals surface area contributed by atoms with Crippen LogP contribution in [0.25, 0.3) is 0 Å². The molecule has 7 nitrogen and oxygen atoms in total. The highest BCUT2D eigenvalue weighted by atomic mass is 79.9. The van der Waals surface area contributed by atoms with Gasteiger partial charge in [-0.2, -0.15) is 5.10 Å². The summed E-state index contributed by atoms with van der Waals surface area (Å²) in [7, 11) is 3.05. The van der Waals surface area contributed by atoms with E-state index in [1.165, 1.54) is 37.6 Å². The van der Waals surface area contributed by atoms with E-state index in [0.717, 1.165) is 0 Å². The Bertz CT molecular complexity index is 872. The van der Waals surface area contributed by atoms with Crippen molar-refractivity contribution in [2.45, 2.75) is 12.8 Å². The topological polar surface area (TPSA) is 89.0 Å². The predicted octanol–water partition coefficient (Wildman–Crippen LogP) is 3.47. The van der Waals surface area contributed by atoms with Crippen molar-refractivity contribution in [3.63, 3.8) is 0 Å². The number of ether oxygens (including phenoxy) is 2. The van der Waals surface area contributed by atoms with Gasteiger partial charge in [0.1, 0.15) is 17.3 Å². The Morgan fingerprint density at radius 2 is 1.71 bits per heavy atom. The molecule has 148 valence electrons. The van der Waals surface area contributed by atoms with Crippen molar-refractivity contribution in [1.29, 1.82) is 0 Å². The summed E-state index contributed by atoms with van der Waals surface area (Å²) in [6.45, 7) is 0. The molecule has 2 amide bonds. The Hall–Kier alpha value is -2.94. The summed E-state index contributed by atoms with van der Waals surface area (Å²) in [6.07, 6.45) is 1.35. The minimum Gasteiger partial charge on any atom is -0.496 e. The molecule has 0 radical (unpaired) electrons. The number of hydrazone groups is 1. The molecule has 0 unspecified atom stereocenters. The lowest BCUT2D eigenvalue weighted by Crippen LogP contribution is -2.20. The summed E-state index contributed by atoms with van der Waals surface area (Å²) in [5.74, 6) is -0.0405. The first kappa shape index (κ1) is 21.4. The van der Waals surface area contributed by atoms with Crippen molar-refractivity contribution in [2.24, 2.45) is 5.10 Å². The average molecular weight is 452 g/mol. The van der Waals surface area contributed by atoms with Gasteiger partial charge >= 0.3 is 0 Å². The second-order valence-corrected chi connectivity index (χ2v) is 6.43. The number of anilines is 1. The lowest BCUT2D eigenvalue weighted by atomic mass is 10.2. The van der Waals surface area contributed by atoms with Crippen molar-refractivity contribution in [3.05, 3.63) is 52.3 Å². The largest absolute Gasteiger partial charge is 0.496 e. The molecular formula is C19H19BrFN3O4. The van der Waals surface area contributed by atoms with Gasteiger partial charge in [0.2, 0.25) is 11.8 Å². The van der Waals surface area contributed by atoms with Gasteiger partial charge in [-0.1, -0.05) is 0 Å². The fourth-order valence-corrected chi connectivity index (χ4v) is 2.72. The number of methoxy groups -OCH3 is 2. The minimum atomic E-state index is -0.419. The van der Waals surface area contributed by atoms with Crippen LogP contribution >= 0.6 is 15.9 Å². The Balaban J connectivity index is 1.84. The first-order valence-corrected chi connectivity index (χ1v) is 9.01. The third-order valence-electron chi connectivity index (χ3n) is 3.60. The van der Waals surface area contributed by atoms with Gasteiger partial charge in [0.05, 0.1) is 24.9 Å². The van der Waals surface area contributed by atoms with Crippen LogP contribution in [-0.4, -0.2) is 32.2 Å². The van der Waals surface area contributed by atoms with Gasteiger partial charge in [0.15, 0.2) is 0 Å². The van der Waals surface area contributed by atoms with Crippen LogP contribution in [0, 0.1) is 5.82 Å². The zero-order valence-electron chi connectivity index (χ0n) is 15.3. The Kier molecular flexibility index (Phi) is 7.94. The number of nitrogens with one attached hydrogen (secondary N) is 2. The van der Waals surface area contributed by atoms with E-state index in [1.807, 2.05) is 0 Å². The van der Waals surface area contributed by atoms with Gasteiger partial charge in [0, 0.05) is 30.2 Å². The zero-order valence-corrected chi connectivity index (χ0v) is 16.9. The summed E-state index contributed by atoms with van der Waals surface area (Å²) in [5.41, 5.74) is 3.45. The number of carbonyl (C=O) groups is 2. The van der Waals surface area contributed by atoms with Crippen molar-refractivity contribution in [2.75, 3.05) is 19.5 Å². The molecule has 0 atom stereocenters. The van der Waals surface area contributed by atoms with E-state index in [-0.39, 0.29) is 18.7 Å². The average Bonchev–Trinajstić information content (AvgIpc) is 2.68. The van der Waals surface area contributed by atoms with E-state index in [0.29, 0.717) is 27.2 Å². The zero-order chi connectivity index (χ0) is 20.5. The van der Waals surface area contributed by atoms with E-state index in [1.54, 1.807) is 19.2 Å². The SMILES string of the molecule is COc1cc(OC)c(/C=N/NC(=O)CCC(=O)Nc2ccc(F)cc2)cc1Br. The number of halogens is 2. The van der Waals surface area contributed by atoms with Crippen molar-refractivity contribution in [3.8, 4) is 11.5 Å². The molecule has 0 heterocycles. The summed E-state index contributed by atoms with van der Waals surface area (Å²) < 4.78 is 24.0. The molecule has 2 N–H and O–H groups in total. The van der Waals surface area contributed by atoms with Gasteiger partial charge in [0.25, 0.3) is 0 Å². The van der Waals surface area contributed by atoms with Gasteiger partial charge in [-0.25, -0.2) is 9.82 Å². The highest BCUT2D eigenvalue weighted by Gasteiger charge is 2.09. The number of carbonyl (C=O) groups excluding carboxylic acids is 2.